The number of hydrogen-bond acceptors (Lipinski definition) is 5. The number of piperidine rings is 1. The van der Waals surface area contributed by atoms with Gasteiger partial charge in [0.15, 0.2) is 0 Å². The molecule has 0 spiro atoms. The molecule has 1 aliphatic heterocycles. The minimum absolute atomic E-state index is 0.0311. The Labute approximate surface area is 228 Å². The molecule has 3 unspecified atom stereocenters. The molecule has 1 aromatic carbocycles. The average molecular weight is 520 g/mol. The largest absolute Gasteiger partial charge is 0.369 e. The quantitative estimate of drug-likeness (QED) is 0.531. The Balaban J connectivity index is 1.63. The summed E-state index contributed by atoms with van der Waals surface area (Å²) in [4.78, 5) is 35.4. The number of nitrogens with zero attached hydrogens (tertiary/aromatic N) is 3. The van der Waals surface area contributed by atoms with Gasteiger partial charge in [-0.05, 0) is 102 Å². The summed E-state index contributed by atoms with van der Waals surface area (Å²) < 4.78 is 0. The third-order valence-electron chi connectivity index (χ3n) is 8.73. The number of benzene rings is 1. The van der Waals surface area contributed by atoms with Gasteiger partial charge in [-0.2, -0.15) is 0 Å². The van der Waals surface area contributed by atoms with Crippen LogP contribution in [-0.4, -0.2) is 67.0 Å². The molecular formula is C31H45N5O2. The molecule has 4 rings (SSSR count). The molecule has 7 nitrogen and oxygen atoms in total. The van der Waals surface area contributed by atoms with Crippen molar-refractivity contribution in [2.45, 2.75) is 77.9 Å². The molecule has 1 aromatic heterocycles. The molecule has 0 bridgehead atoms. The van der Waals surface area contributed by atoms with Crippen molar-refractivity contribution < 1.29 is 9.59 Å². The first-order valence-corrected chi connectivity index (χ1v) is 14.3. The van der Waals surface area contributed by atoms with Gasteiger partial charge in [0.25, 0.3) is 5.91 Å². The maximum absolute atomic E-state index is 13.6. The molecule has 3 atom stereocenters. The molecule has 0 radical (unpaired) electrons. The first kappa shape index (κ1) is 28.1. The number of hydrogen-bond donors (Lipinski definition) is 2. The zero-order chi connectivity index (χ0) is 27.4. The van der Waals surface area contributed by atoms with Crippen LogP contribution in [0.3, 0.4) is 0 Å². The van der Waals surface area contributed by atoms with Gasteiger partial charge >= 0.3 is 0 Å². The van der Waals surface area contributed by atoms with E-state index in [4.69, 9.17) is 0 Å². The van der Waals surface area contributed by atoms with Crippen LogP contribution in [0.2, 0.25) is 0 Å². The van der Waals surface area contributed by atoms with E-state index in [0.29, 0.717) is 24.2 Å². The van der Waals surface area contributed by atoms with Crippen LogP contribution < -0.4 is 15.5 Å². The van der Waals surface area contributed by atoms with Crippen LogP contribution in [0.5, 0.6) is 0 Å². The smallest absolute Gasteiger partial charge is 0.251 e. The summed E-state index contributed by atoms with van der Waals surface area (Å²) in [7, 11) is 4.35. The fraction of sp³-hybridized carbons (Fsp3) is 0.581. The Kier molecular flexibility index (Phi) is 9.08. The van der Waals surface area contributed by atoms with E-state index in [2.05, 4.69) is 66.4 Å². The van der Waals surface area contributed by atoms with Gasteiger partial charge in [-0.25, -0.2) is 0 Å². The molecule has 2 aliphatic rings. The van der Waals surface area contributed by atoms with E-state index >= 15 is 0 Å². The van der Waals surface area contributed by atoms with E-state index in [1.54, 1.807) is 6.20 Å². The molecule has 1 aliphatic carbocycles. The molecule has 7 heteroatoms. The lowest BCUT2D eigenvalue weighted by Gasteiger charge is -2.40. The van der Waals surface area contributed by atoms with Crippen molar-refractivity contribution in [3.8, 4) is 11.1 Å². The van der Waals surface area contributed by atoms with Crippen LogP contribution >= 0.6 is 0 Å². The second-order valence-electron chi connectivity index (χ2n) is 11.6. The van der Waals surface area contributed by atoms with Gasteiger partial charge in [-0.1, -0.05) is 13.0 Å². The van der Waals surface area contributed by atoms with Gasteiger partial charge in [0.05, 0.1) is 5.92 Å². The predicted molar refractivity (Wildman–Crippen MR) is 154 cm³/mol. The number of aromatic nitrogens is 1. The molecule has 2 N–H and O–H groups in total. The van der Waals surface area contributed by atoms with Crippen molar-refractivity contribution in [1.82, 2.24) is 20.5 Å². The maximum Gasteiger partial charge on any atom is 0.251 e. The van der Waals surface area contributed by atoms with Gasteiger partial charge < -0.3 is 20.4 Å². The third-order valence-corrected chi connectivity index (χ3v) is 8.73. The van der Waals surface area contributed by atoms with Crippen LogP contribution in [0.1, 0.15) is 68.8 Å². The Bertz CT molecular complexity index is 1110. The van der Waals surface area contributed by atoms with Crippen molar-refractivity contribution in [3.05, 3.63) is 47.8 Å². The van der Waals surface area contributed by atoms with E-state index in [1.165, 1.54) is 12.8 Å². The number of pyridine rings is 1. The lowest BCUT2D eigenvalue weighted by Crippen LogP contribution is -2.50. The molecule has 2 fully saturated rings. The third kappa shape index (κ3) is 6.20. The van der Waals surface area contributed by atoms with Gasteiger partial charge in [0.2, 0.25) is 5.91 Å². The fourth-order valence-corrected chi connectivity index (χ4v) is 6.43. The minimum Gasteiger partial charge on any atom is -0.369 e. The van der Waals surface area contributed by atoms with E-state index in [9.17, 15) is 9.59 Å². The summed E-state index contributed by atoms with van der Waals surface area (Å²) in [6.07, 6.45) is 9.19. The molecule has 38 heavy (non-hydrogen) atoms. The molecule has 206 valence electrons. The Morgan fingerprint density at radius 1 is 1.11 bits per heavy atom. The number of amides is 2. The SMILES string of the molecule is CCN(c1cc(-c2cccnc2)cc(C(=O)NCC2C(=O)NC(C)CC2C)c1C)C1CCC(N(C)C)CC1. The molecule has 1 saturated carbocycles. The van der Waals surface area contributed by atoms with Crippen molar-refractivity contribution in [2.24, 2.45) is 11.8 Å². The molecule has 2 aromatic rings. The van der Waals surface area contributed by atoms with E-state index < -0.39 is 0 Å². The topological polar surface area (TPSA) is 77.6 Å². The zero-order valence-corrected chi connectivity index (χ0v) is 24.0. The summed E-state index contributed by atoms with van der Waals surface area (Å²) in [5, 5.41) is 6.14. The lowest BCUT2D eigenvalue weighted by molar-refractivity contribution is -0.129. The van der Waals surface area contributed by atoms with E-state index in [1.807, 2.05) is 31.3 Å². The highest BCUT2D eigenvalue weighted by Gasteiger charge is 2.33. The summed E-state index contributed by atoms with van der Waals surface area (Å²) in [5.41, 5.74) is 4.75. The highest BCUT2D eigenvalue weighted by Crippen LogP contribution is 2.35. The van der Waals surface area contributed by atoms with Crippen molar-refractivity contribution >= 4 is 17.5 Å². The van der Waals surface area contributed by atoms with Crippen LogP contribution in [0.25, 0.3) is 11.1 Å². The van der Waals surface area contributed by atoms with Gasteiger partial charge in [0.1, 0.15) is 0 Å². The van der Waals surface area contributed by atoms with Gasteiger partial charge in [-0.3, -0.25) is 14.6 Å². The Morgan fingerprint density at radius 2 is 1.82 bits per heavy atom. The van der Waals surface area contributed by atoms with Gasteiger partial charge in [0, 0.05) is 60.4 Å². The number of carbonyl (C=O) groups is 2. The van der Waals surface area contributed by atoms with E-state index in [-0.39, 0.29) is 29.7 Å². The summed E-state index contributed by atoms with van der Waals surface area (Å²) in [6.45, 7) is 9.62. The molecular weight excluding hydrogens is 474 g/mol. The molecule has 2 amide bonds. The highest BCUT2D eigenvalue weighted by molar-refractivity contribution is 5.99. The second-order valence-corrected chi connectivity index (χ2v) is 11.6. The van der Waals surface area contributed by atoms with Crippen LogP contribution in [-0.2, 0) is 4.79 Å². The fourth-order valence-electron chi connectivity index (χ4n) is 6.43. The Morgan fingerprint density at radius 3 is 2.42 bits per heavy atom. The highest BCUT2D eigenvalue weighted by atomic mass is 16.2. The zero-order valence-electron chi connectivity index (χ0n) is 24.0. The van der Waals surface area contributed by atoms with Crippen LogP contribution in [0.4, 0.5) is 5.69 Å². The van der Waals surface area contributed by atoms with Crippen LogP contribution in [0.15, 0.2) is 36.7 Å². The normalized spacial score (nSPS) is 25.7. The first-order chi connectivity index (χ1) is 18.2. The summed E-state index contributed by atoms with van der Waals surface area (Å²) in [5.74, 6) is -0.0789. The second kappa shape index (κ2) is 12.3. The number of carbonyl (C=O) groups excluding carboxylic acids is 2. The monoisotopic (exact) mass is 519 g/mol. The van der Waals surface area contributed by atoms with E-state index in [0.717, 1.165) is 48.2 Å². The number of anilines is 1. The van der Waals surface area contributed by atoms with Crippen molar-refractivity contribution in [1.29, 1.82) is 0 Å². The predicted octanol–water partition coefficient (Wildman–Crippen LogP) is 4.65. The van der Waals surface area contributed by atoms with Crippen molar-refractivity contribution in [3.63, 3.8) is 0 Å². The maximum atomic E-state index is 13.6. The minimum atomic E-state index is -0.213. The number of nitrogens with one attached hydrogen (secondary N) is 2. The Hall–Kier alpha value is -2.93. The van der Waals surface area contributed by atoms with Crippen molar-refractivity contribution in [2.75, 3.05) is 32.1 Å². The summed E-state index contributed by atoms with van der Waals surface area (Å²) >= 11 is 0. The number of rotatable bonds is 8. The summed E-state index contributed by atoms with van der Waals surface area (Å²) in [6, 6.07) is 9.44. The average Bonchev–Trinajstić information content (AvgIpc) is 2.90. The standard InChI is InChI=1S/C31H45N5O2/c1-7-36(26-12-10-25(11-13-26)35(5)6)29-17-24(23-9-8-14-32-18-23)16-27(22(29)4)30(37)33-19-28-20(2)15-21(3)34-31(28)38/h8-9,14,16-18,20-21,25-26,28H,7,10-13,15,19H2,1-6H3,(H,33,37)(H,34,38). The van der Waals surface area contributed by atoms with Gasteiger partial charge in [-0.15, -0.1) is 0 Å². The lowest BCUT2D eigenvalue weighted by atomic mass is 9.84. The molecule has 1 saturated heterocycles. The molecule has 2 heterocycles. The van der Waals surface area contributed by atoms with Crippen LogP contribution in [0, 0.1) is 18.8 Å². The first-order valence-electron chi connectivity index (χ1n) is 14.3.